The molecule has 4 nitrogen and oxygen atoms in total. The number of rotatable bonds is 3. The summed E-state index contributed by atoms with van der Waals surface area (Å²) in [4.78, 5) is 25.9. The van der Waals surface area contributed by atoms with Crippen molar-refractivity contribution in [2.45, 2.75) is 38.6 Å². The fourth-order valence-electron chi connectivity index (χ4n) is 2.78. The van der Waals surface area contributed by atoms with Crippen LogP contribution >= 0.6 is 0 Å². The van der Waals surface area contributed by atoms with Crippen LogP contribution in [0.25, 0.3) is 0 Å². The van der Waals surface area contributed by atoms with Crippen LogP contribution < -0.4 is 10.2 Å². The third-order valence-corrected chi connectivity index (χ3v) is 4.18. The average Bonchev–Trinajstić information content (AvgIpc) is 3.14. The number of benzene rings is 1. The Morgan fingerprint density at radius 1 is 1.35 bits per heavy atom. The highest BCUT2D eigenvalue weighted by Gasteiger charge is 2.34. The molecule has 0 saturated heterocycles. The van der Waals surface area contributed by atoms with Crippen LogP contribution in [0.1, 0.15) is 31.7 Å². The molecule has 1 aliphatic heterocycles. The maximum absolute atomic E-state index is 12.2. The molecule has 3 rings (SSSR count). The predicted molar refractivity (Wildman–Crippen MR) is 77.4 cm³/mol. The van der Waals surface area contributed by atoms with Gasteiger partial charge in [0.25, 0.3) is 0 Å². The maximum Gasteiger partial charge on any atom is 0.240 e. The second-order valence-electron chi connectivity index (χ2n) is 5.85. The Kier molecular flexibility index (Phi) is 3.47. The Balaban J connectivity index is 1.76. The first kappa shape index (κ1) is 13.2. The molecule has 106 valence electrons. The fraction of sp³-hybridized carbons (Fsp3) is 0.500. The second-order valence-corrected chi connectivity index (χ2v) is 5.85. The molecule has 1 fully saturated rings. The minimum absolute atomic E-state index is 0.0499. The quantitative estimate of drug-likeness (QED) is 0.913. The summed E-state index contributed by atoms with van der Waals surface area (Å²) >= 11 is 0. The minimum atomic E-state index is -0.0515. The van der Waals surface area contributed by atoms with E-state index < -0.39 is 0 Å². The van der Waals surface area contributed by atoms with Crippen LogP contribution in [0.2, 0.25) is 0 Å². The molecule has 1 saturated carbocycles. The van der Waals surface area contributed by atoms with Crippen LogP contribution in [0.5, 0.6) is 0 Å². The average molecular weight is 272 g/mol. The van der Waals surface area contributed by atoms with E-state index in [1.54, 1.807) is 4.90 Å². The highest BCUT2D eigenvalue weighted by atomic mass is 16.2. The lowest BCUT2D eigenvalue weighted by molar-refractivity contribution is -0.124. The summed E-state index contributed by atoms with van der Waals surface area (Å²) in [6.07, 6.45) is 3.32. The zero-order valence-corrected chi connectivity index (χ0v) is 11.8. The summed E-state index contributed by atoms with van der Waals surface area (Å²) in [5, 5.41) is 2.99. The van der Waals surface area contributed by atoms with Crippen molar-refractivity contribution in [3.8, 4) is 0 Å². The lowest BCUT2D eigenvalue weighted by Crippen LogP contribution is -2.41. The molecule has 0 bridgehead atoms. The van der Waals surface area contributed by atoms with E-state index in [1.165, 1.54) is 0 Å². The number of hydrogen-bond donors (Lipinski definition) is 1. The molecule has 1 aliphatic carbocycles. The van der Waals surface area contributed by atoms with E-state index in [1.807, 2.05) is 24.3 Å². The Morgan fingerprint density at radius 2 is 2.10 bits per heavy atom. The monoisotopic (exact) mass is 272 g/mol. The molecule has 0 spiro atoms. The minimum Gasteiger partial charge on any atom is -0.352 e. The fourth-order valence-corrected chi connectivity index (χ4v) is 2.78. The molecule has 2 aliphatic rings. The van der Waals surface area contributed by atoms with Crippen molar-refractivity contribution >= 4 is 17.5 Å². The summed E-state index contributed by atoms with van der Waals surface area (Å²) in [6.45, 7) is 2.26. The third-order valence-electron chi connectivity index (χ3n) is 4.18. The van der Waals surface area contributed by atoms with Gasteiger partial charge < -0.3 is 10.2 Å². The highest BCUT2D eigenvalue weighted by Crippen LogP contribution is 2.29. The van der Waals surface area contributed by atoms with E-state index in [2.05, 4.69) is 12.2 Å². The molecule has 4 heteroatoms. The smallest absolute Gasteiger partial charge is 0.240 e. The Morgan fingerprint density at radius 3 is 2.85 bits per heavy atom. The van der Waals surface area contributed by atoms with Gasteiger partial charge >= 0.3 is 0 Å². The molecule has 2 amide bonds. The van der Waals surface area contributed by atoms with Crippen molar-refractivity contribution in [3.63, 3.8) is 0 Å². The SMILES string of the molecule is CC1CC1NC(=O)CN1C(=O)CCCc2ccccc21. The van der Waals surface area contributed by atoms with E-state index in [0.717, 1.165) is 30.5 Å². The first-order chi connectivity index (χ1) is 9.65. The van der Waals surface area contributed by atoms with Gasteiger partial charge in [-0.1, -0.05) is 25.1 Å². The van der Waals surface area contributed by atoms with E-state index in [-0.39, 0.29) is 18.4 Å². The lowest BCUT2D eigenvalue weighted by atomic mass is 10.1. The largest absolute Gasteiger partial charge is 0.352 e. The lowest BCUT2D eigenvalue weighted by Gasteiger charge is -2.22. The van der Waals surface area contributed by atoms with E-state index in [9.17, 15) is 9.59 Å². The number of nitrogens with one attached hydrogen (secondary N) is 1. The Hall–Kier alpha value is -1.84. The molecule has 0 aromatic heterocycles. The van der Waals surface area contributed by atoms with Crippen molar-refractivity contribution in [2.24, 2.45) is 5.92 Å². The third kappa shape index (κ3) is 2.69. The molecule has 1 aromatic carbocycles. The second kappa shape index (κ2) is 5.27. The summed E-state index contributed by atoms with van der Waals surface area (Å²) in [6, 6.07) is 8.19. The van der Waals surface area contributed by atoms with Crippen molar-refractivity contribution in [3.05, 3.63) is 29.8 Å². The van der Waals surface area contributed by atoms with Crippen LogP contribution in [-0.4, -0.2) is 24.4 Å². The van der Waals surface area contributed by atoms with Gasteiger partial charge in [0, 0.05) is 18.2 Å². The number of carbonyl (C=O) groups is 2. The molecule has 0 radical (unpaired) electrons. The number of amides is 2. The number of anilines is 1. The number of nitrogens with zero attached hydrogens (tertiary/aromatic N) is 1. The van der Waals surface area contributed by atoms with E-state index in [0.29, 0.717) is 18.4 Å². The number of fused-ring (bicyclic) bond motifs is 1. The number of carbonyl (C=O) groups excluding carboxylic acids is 2. The van der Waals surface area contributed by atoms with Crippen LogP contribution in [-0.2, 0) is 16.0 Å². The molecule has 1 aromatic rings. The predicted octanol–water partition coefficient (Wildman–Crippen LogP) is 1.88. The van der Waals surface area contributed by atoms with Crippen LogP contribution in [0.4, 0.5) is 5.69 Å². The van der Waals surface area contributed by atoms with Gasteiger partial charge in [-0.05, 0) is 36.8 Å². The first-order valence-electron chi connectivity index (χ1n) is 7.33. The Labute approximate surface area is 119 Å². The van der Waals surface area contributed by atoms with Gasteiger partial charge in [0.2, 0.25) is 11.8 Å². The molecule has 2 atom stereocenters. The van der Waals surface area contributed by atoms with Gasteiger partial charge in [0.1, 0.15) is 6.54 Å². The number of para-hydroxylation sites is 1. The molecule has 2 unspecified atom stereocenters. The van der Waals surface area contributed by atoms with Crippen LogP contribution in [0.15, 0.2) is 24.3 Å². The summed E-state index contributed by atoms with van der Waals surface area (Å²) in [7, 11) is 0. The van der Waals surface area contributed by atoms with Crippen molar-refractivity contribution in [2.75, 3.05) is 11.4 Å². The standard InChI is InChI=1S/C16H20N2O2/c1-11-9-13(11)17-15(19)10-18-14-7-3-2-5-12(14)6-4-8-16(18)20/h2-3,5,7,11,13H,4,6,8-10H2,1H3,(H,17,19). The number of hydrogen-bond acceptors (Lipinski definition) is 2. The van der Waals surface area contributed by atoms with Gasteiger partial charge in [0.15, 0.2) is 0 Å². The Bertz CT molecular complexity index is 541. The summed E-state index contributed by atoms with van der Waals surface area (Å²) < 4.78 is 0. The van der Waals surface area contributed by atoms with Gasteiger partial charge in [-0.2, -0.15) is 0 Å². The van der Waals surface area contributed by atoms with E-state index in [4.69, 9.17) is 0 Å². The molecular weight excluding hydrogens is 252 g/mol. The van der Waals surface area contributed by atoms with Gasteiger partial charge in [-0.25, -0.2) is 0 Å². The van der Waals surface area contributed by atoms with Crippen molar-refractivity contribution < 1.29 is 9.59 Å². The molecule has 20 heavy (non-hydrogen) atoms. The zero-order chi connectivity index (χ0) is 14.1. The normalized spacial score (nSPS) is 24.9. The molecular formula is C16H20N2O2. The van der Waals surface area contributed by atoms with Crippen LogP contribution in [0.3, 0.4) is 0 Å². The summed E-state index contributed by atoms with van der Waals surface area (Å²) in [5.74, 6) is 0.574. The van der Waals surface area contributed by atoms with Gasteiger partial charge in [-0.15, -0.1) is 0 Å². The molecule has 1 heterocycles. The summed E-state index contributed by atoms with van der Waals surface area (Å²) in [5.41, 5.74) is 2.06. The van der Waals surface area contributed by atoms with Crippen molar-refractivity contribution in [1.82, 2.24) is 5.32 Å². The maximum atomic E-state index is 12.2. The van der Waals surface area contributed by atoms with Crippen LogP contribution in [0, 0.1) is 5.92 Å². The topological polar surface area (TPSA) is 49.4 Å². The van der Waals surface area contributed by atoms with Gasteiger partial charge in [0.05, 0.1) is 0 Å². The zero-order valence-electron chi connectivity index (χ0n) is 11.8. The van der Waals surface area contributed by atoms with E-state index >= 15 is 0 Å². The number of aryl methyl sites for hydroxylation is 1. The highest BCUT2D eigenvalue weighted by molar-refractivity contribution is 5.99. The van der Waals surface area contributed by atoms with Crippen molar-refractivity contribution in [1.29, 1.82) is 0 Å². The first-order valence-corrected chi connectivity index (χ1v) is 7.33. The van der Waals surface area contributed by atoms with Gasteiger partial charge in [-0.3, -0.25) is 9.59 Å². The molecule has 1 N–H and O–H groups in total.